The van der Waals surface area contributed by atoms with Gasteiger partial charge in [0, 0.05) is 28.9 Å². The molecule has 2 aromatic rings. The van der Waals surface area contributed by atoms with E-state index in [4.69, 9.17) is 5.11 Å². The third-order valence-corrected chi connectivity index (χ3v) is 4.01. The summed E-state index contributed by atoms with van der Waals surface area (Å²) in [4.78, 5) is 21.8. The van der Waals surface area contributed by atoms with Gasteiger partial charge in [-0.1, -0.05) is 30.3 Å². The van der Waals surface area contributed by atoms with E-state index in [-0.39, 0.29) is 5.69 Å². The highest BCUT2D eigenvalue weighted by Crippen LogP contribution is 2.30. The van der Waals surface area contributed by atoms with Crippen molar-refractivity contribution in [3.05, 3.63) is 75.8 Å². The third-order valence-electron chi connectivity index (χ3n) is 2.85. The van der Waals surface area contributed by atoms with Crippen LogP contribution in [0.15, 0.2) is 59.5 Å². The van der Waals surface area contributed by atoms with Crippen LogP contribution in [0.4, 0.5) is 5.69 Å². The van der Waals surface area contributed by atoms with E-state index in [9.17, 15) is 14.9 Å². The first-order valence-electron chi connectivity index (χ1n) is 6.42. The molecule has 0 radical (unpaired) electrons. The van der Waals surface area contributed by atoms with E-state index >= 15 is 0 Å². The Hall–Kier alpha value is -2.60. The van der Waals surface area contributed by atoms with E-state index in [1.54, 1.807) is 6.07 Å². The lowest BCUT2D eigenvalue weighted by atomic mass is 10.2. The minimum atomic E-state index is -1.09. The Kier molecular flexibility index (Phi) is 5.32. The van der Waals surface area contributed by atoms with Crippen LogP contribution in [-0.2, 0) is 10.5 Å². The fourth-order valence-electron chi connectivity index (χ4n) is 1.81. The second kappa shape index (κ2) is 7.42. The first-order chi connectivity index (χ1) is 10.6. The Bertz CT molecular complexity index is 713. The molecule has 5 nitrogen and oxygen atoms in total. The molecule has 0 heterocycles. The van der Waals surface area contributed by atoms with Crippen molar-refractivity contribution in [2.75, 3.05) is 0 Å². The van der Waals surface area contributed by atoms with Gasteiger partial charge in [-0.25, -0.2) is 4.79 Å². The van der Waals surface area contributed by atoms with Gasteiger partial charge in [0.15, 0.2) is 0 Å². The normalized spacial score (nSPS) is 10.7. The van der Waals surface area contributed by atoms with Gasteiger partial charge in [0.05, 0.1) is 4.92 Å². The summed E-state index contributed by atoms with van der Waals surface area (Å²) in [5.74, 6) is -0.391. The van der Waals surface area contributed by atoms with Crippen molar-refractivity contribution >= 4 is 29.5 Å². The predicted octanol–water partition coefficient (Wildman–Crippen LogP) is 3.98. The number of nitro benzene ring substituents is 1. The zero-order chi connectivity index (χ0) is 15.9. The number of carbonyl (C=O) groups is 1. The smallest absolute Gasteiger partial charge is 0.328 e. The minimum Gasteiger partial charge on any atom is -0.478 e. The van der Waals surface area contributed by atoms with Gasteiger partial charge in [-0.15, -0.1) is 11.8 Å². The summed E-state index contributed by atoms with van der Waals surface area (Å²) in [6, 6.07) is 14.2. The van der Waals surface area contributed by atoms with Crippen LogP contribution in [0.5, 0.6) is 0 Å². The molecule has 0 atom stereocenters. The third kappa shape index (κ3) is 4.46. The van der Waals surface area contributed by atoms with Crippen molar-refractivity contribution in [3.63, 3.8) is 0 Å². The second-order valence-electron chi connectivity index (χ2n) is 4.43. The van der Waals surface area contributed by atoms with Crippen LogP contribution in [0.2, 0.25) is 0 Å². The van der Waals surface area contributed by atoms with Crippen LogP contribution in [0, 0.1) is 10.1 Å². The van der Waals surface area contributed by atoms with Crippen LogP contribution < -0.4 is 0 Å². The zero-order valence-corrected chi connectivity index (χ0v) is 12.3. The van der Waals surface area contributed by atoms with Crippen molar-refractivity contribution in [1.29, 1.82) is 0 Å². The van der Waals surface area contributed by atoms with Crippen LogP contribution in [0.1, 0.15) is 11.1 Å². The summed E-state index contributed by atoms with van der Waals surface area (Å²) in [6.07, 6.45) is 2.36. The van der Waals surface area contributed by atoms with Crippen molar-refractivity contribution in [3.8, 4) is 0 Å². The topological polar surface area (TPSA) is 80.4 Å². The summed E-state index contributed by atoms with van der Waals surface area (Å²) in [5, 5.41) is 19.6. The highest BCUT2D eigenvalue weighted by Gasteiger charge is 2.10. The van der Waals surface area contributed by atoms with Gasteiger partial charge >= 0.3 is 5.97 Å². The summed E-state index contributed by atoms with van der Waals surface area (Å²) >= 11 is 1.51. The Morgan fingerprint density at radius 1 is 1.23 bits per heavy atom. The van der Waals surface area contributed by atoms with Crippen molar-refractivity contribution < 1.29 is 14.8 Å². The van der Waals surface area contributed by atoms with Gasteiger partial charge in [-0.2, -0.15) is 0 Å². The molecule has 0 fully saturated rings. The van der Waals surface area contributed by atoms with Crippen LogP contribution in [-0.4, -0.2) is 16.0 Å². The number of rotatable bonds is 6. The lowest BCUT2D eigenvalue weighted by Gasteiger charge is -2.06. The zero-order valence-electron chi connectivity index (χ0n) is 11.5. The van der Waals surface area contributed by atoms with Crippen LogP contribution >= 0.6 is 11.8 Å². The monoisotopic (exact) mass is 315 g/mol. The van der Waals surface area contributed by atoms with E-state index in [1.807, 2.05) is 30.3 Å². The number of thioether (sulfide) groups is 1. The number of carboxylic acid groups (broad SMARTS) is 1. The fraction of sp³-hybridized carbons (Fsp3) is 0.0625. The SMILES string of the molecule is O=C(O)/C=C\c1cc([N+](=O)[O-])ccc1SCc1ccccc1. The number of hydrogen-bond acceptors (Lipinski definition) is 4. The molecule has 0 saturated heterocycles. The van der Waals surface area contributed by atoms with Gasteiger partial charge in [0.2, 0.25) is 0 Å². The van der Waals surface area contributed by atoms with Gasteiger partial charge in [0.1, 0.15) is 0 Å². The second-order valence-corrected chi connectivity index (χ2v) is 5.44. The Morgan fingerprint density at radius 3 is 2.59 bits per heavy atom. The van der Waals surface area contributed by atoms with E-state index in [0.717, 1.165) is 16.5 Å². The molecule has 0 saturated carbocycles. The Morgan fingerprint density at radius 2 is 1.95 bits per heavy atom. The maximum Gasteiger partial charge on any atom is 0.328 e. The summed E-state index contributed by atoms with van der Waals surface area (Å²) < 4.78 is 0. The summed E-state index contributed by atoms with van der Waals surface area (Å²) in [5.41, 5.74) is 1.59. The largest absolute Gasteiger partial charge is 0.478 e. The molecule has 0 aliphatic heterocycles. The predicted molar refractivity (Wildman–Crippen MR) is 85.8 cm³/mol. The molecule has 0 aliphatic rings. The molecule has 1 N–H and O–H groups in total. The van der Waals surface area contributed by atoms with Gasteiger partial charge < -0.3 is 5.11 Å². The minimum absolute atomic E-state index is 0.0610. The van der Waals surface area contributed by atoms with Gasteiger partial charge in [-0.05, 0) is 23.3 Å². The first kappa shape index (κ1) is 15.8. The molecule has 0 spiro atoms. The molecule has 0 unspecified atom stereocenters. The highest BCUT2D eigenvalue weighted by atomic mass is 32.2. The fourth-order valence-corrected chi connectivity index (χ4v) is 2.78. The number of hydrogen-bond donors (Lipinski definition) is 1. The number of non-ortho nitro benzene ring substituents is 1. The van der Waals surface area contributed by atoms with E-state index in [1.165, 1.54) is 30.0 Å². The standard InChI is InChI=1S/C16H13NO4S/c18-16(19)9-6-13-10-14(17(20)21)7-8-15(13)22-11-12-4-2-1-3-5-12/h1-10H,11H2,(H,18,19)/b9-6-. The highest BCUT2D eigenvalue weighted by molar-refractivity contribution is 7.98. The van der Waals surface area contributed by atoms with E-state index < -0.39 is 10.9 Å². The molecule has 6 heteroatoms. The van der Waals surface area contributed by atoms with Crippen molar-refractivity contribution in [2.24, 2.45) is 0 Å². The Labute approximate surface area is 131 Å². The van der Waals surface area contributed by atoms with Crippen molar-refractivity contribution in [2.45, 2.75) is 10.6 Å². The number of nitrogens with zero attached hydrogens (tertiary/aromatic N) is 1. The molecule has 112 valence electrons. The van der Waals surface area contributed by atoms with Gasteiger partial charge in [-0.3, -0.25) is 10.1 Å². The number of carboxylic acids is 1. The molecular weight excluding hydrogens is 302 g/mol. The van der Waals surface area contributed by atoms with E-state index in [2.05, 4.69) is 0 Å². The molecule has 2 rings (SSSR count). The maximum absolute atomic E-state index is 10.8. The Balaban J connectivity index is 2.25. The molecule has 2 aromatic carbocycles. The molecule has 0 bridgehead atoms. The lowest BCUT2D eigenvalue weighted by Crippen LogP contribution is -1.91. The number of nitro groups is 1. The first-order valence-corrected chi connectivity index (χ1v) is 7.41. The molecule has 0 amide bonds. The van der Waals surface area contributed by atoms with Gasteiger partial charge in [0.25, 0.3) is 5.69 Å². The molecule has 0 aliphatic carbocycles. The maximum atomic E-state index is 10.8. The summed E-state index contributed by atoms with van der Waals surface area (Å²) in [7, 11) is 0. The number of aliphatic carboxylic acids is 1. The lowest BCUT2D eigenvalue weighted by molar-refractivity contribution is -0.384. The molecular formula is C16H13NO4S. The molecule has 22 heavy (non-hydrogen) atoms. The molecule has 0 aromatic heterocycles. The number of benzene rings is 2. The van der Waals surface area contributed by atoms with Crippen LogP contribution in [0.25, 0.3) is 6.08 Å². The summed E-state index contributed by atoms with van der Waals surface area (Å²) in [6.45, 7) is 0. The van der Waals surface area contributed by atoms with Crippen LogP contribution in [0.3, 0.4) is 0 Å². The quantitative estimate of drug-likeness (QED) is 0.377. The average Bonchev–Trinajstić information content (AvgIpc) is 2.52. The average molecular weight is 315 g/mol. The van der Waals surface area contributed by atoms with E-state index in [0.29, 0.717) is 11.3 Å². The van der Waals surface area contributed by atoms with Crippen molar-refractivity contribution in [1.82, 2.24) is 0 Å².